The Balaban J connectivity index is 1.35. The van der Waals surface area contributed by atoms with E-state index in [1.54, 1.807) is 18.2 Å². The molecular formula is C37H52N4O6. The normalized spacial score (nSPS) is 16.1. The molecule has 2 aliphatic heterocycles. The van der Waals surface area contributed by atoms with Crippen LogP contribution in [0.25, 0.3) is 0 Å². The topological polar surface area (TPSA) is 175 Å². The fourth-order valence-electron chi connectivity index (χ4n) is 6.31. The highest BCUT2D eigenvalue weighted by atomic mass is 16.5. The summed E-state index contributed by atoms with van der Waals surface area (Å²) in [5.74, 6) is -0.163. The maximum atomic E-state index is 13.3. The number of aryl methyl sites for hydroxylation is 1. The Labute approximate surface area is 278 Å². The smallest absolute Gasteiger partial charge is 0.163 e. The summed E-state index contributed by atoms with van der Waals surface area (Å²) in [4.78, 5) is 19.8. The Morgan fingerprint density at radius 3 is 2.57 bits per heavy atom. The molecule has 2 aromatic carbocycles. The number of ether oxygens (including phenoxy) is 1. The molecule has 0 amide bonds. The molecule has 0 aliphatic carbocycles. The quantitative estimate of drug-likeness (QED) is 0.0890. The van der Waals surface area contributed by atoms with E-state index in [0.29, 0.717) is 38.0 Å². The van der Waals surface area contributed by atoms with Gasteiger partial charge in [-0.2, -0.15) is 0 Å². The van der Waals surface area contributed by atoms with Crippen LogP contribution in [0.15, 0.2) is 64.4 Å². The van der Waals surface area contributed by atoms with E-state index in [9.17, 15) is 25.2 Å². The van der Waals surface area contributed by atoms with Crippen LogP contribution in [-0.4, -0.2) is 62.8 Å². The summed E-state index contributed by atoms with van der Waals surface area (Å²) < 4.78 is 6.03. The standard InChI is InChI=1S/C37H52N4O6/c1-3-5-6-8-30(35(46)18-29(43)7-4-2)33(44)13-9-24-10-14-34(45)36(15-24)47-23-41-20-31-28(19-40-32(31)21-41)17-27-16-25(37(38)39)11-12-26(27)22-42/h10-12,14-16,19,21,29-30,35,37,42-43,45-46H,3-9,13,17-18,20,22-23,38-39H2,1-2H3. The summed E-state index contributed by atoms with van der Waals surface area (Å²) in [7, 11) is 0. The number of hydrogen-bond acceptors (Lipinski definition) is 10. The first kappa shape index (κ1) is 36.3. The van der Waals surface area contributed by atoms with Gasteiger partial charge in [0.05, 0.1) is 30.7 Å². The number of carbonyl (C=O) groups excluding carboxylic acids is 1. The number of aliphatic hydroxyl groups is 3. The number of carbonyl (C=O) groups is 1. The summed E-state index contributed by atoms with van der Waals surface area (Å²) in [5.41, 5.74) is 18.2. The fraction of sp³-hybridized carbons (Fsp3) is 0.514. The molecule has 0 fully saturated rings. The van der Waals surface area contributed by atoms with E-state index in [0.717, 1.165) is 64.8 Å². The zero-order valence-electron chi connectivity index (χ0n) is 27.8. The second kappa shape index (κ2) is 17.6. The third-order valence-corrected chi connectivity index (χ3v) is 9.09. The first-order valence-corrected chi connectivity index (χ1v) is 16.9. The molecule has 2 heterocycles. The van der Waals surface area contributed by atoms with Crippen LogP contribution in [0.4, 0.5) is 0 Å². The van der Waals surface area contributed by atoms with Crippen molar-refractivity contribution in [2.45, 2.75) is 103 Å². The van der Waals surface area contributed by atoms with Crippen LogP contribution < -0.4 is 16.2 Å². The van der Waals surface area contributed by atoms with Crippen molar-refractivity contribution < 1.29 is 30.0 Å². The third-order valence-electron chi connectivity index (χ3n) is 9.09. The molecule has 4 rings (SSSR count). The molecule has 47 heavy (non-hydrogen) atoms. The number of fused-ring (bicyclic) bond motifs is 1. The van der Waals surface area contributed by atoms with E-state index in [-0.39, 0.29) is 37.7 Å². The van der Waals surface area contributed by atoms with Gasteiger partial charge < -0.3 is 41.5 Å². The summed E-state index contributed by atoms with van der Waals surface area (Å²) in [6.45, 7) is 4.78. The predicted octanol–water partition coefficient (Wildman–Crippen LogP) is 4.53. The number of benzene rings is 2. The first-order chi connectivity index (χ1) is 22.6. The van der Waals surface area contributed by atoms with Crippen LogP contribution in [0.2, 0.25) is 0 Å². The minimum atomic E-state index is -0.861. The van der Waals surface area contributed by atoms with Gasteiger partial charge in [0.15, 0.2) is 18.2 Å². The van der Waals surface area contributed by atoms with Gasteiger partial charge >= 0.3 is 0 Å². The Bertz CT molecular complexity index is 1450. The molecule has 0 bridgehead atoms. The van der Waals surface area contributed by atoms with Crippen LogP contribution in [0.5, 0.6) is 11.5 Å². The number of nitrogens with two attached hydrogens (primary N) is 2. The number of ketones is 1. The van der Waals surface area contributed by atoms with Gasteiger partial charge in [-0.05, 0) is 72.1 Å². The average Bonchev–Trinajstić information content (AvgIpc) is 3.63. The number of allylic oxidation sites excluding steroid dienone is 1. The Morgan fingerprint density at radius 2 is 1.85 bits per heavy atom. The number of nitrogens with zero attached hydrogens (tertiary/aromatic N) is 2. The molecule has 0 aromatic heterocycles. The van der Waals surface area contributed by atoms with E-state index < -0.39 is 24.3 Å². The maximum Gasteiger partial charge on any atom is 0.163 e. The van der Waals surface area contributed by atoms with E-state index >= 15 is 0 Å². The number of unbranched alkanes of at least 4 members (excludes halogenated alkanes) is 2. The molecule has 8 N–H and O–H groups in total. The number of Topliss-reactive ketones (excluding diaryl/α,β-unsaturated/α-hetero) is 1. The SMILES string of the molecule is CCCCCC(C(=O)CCc1ccc(O)c(OCN2C=C3N=CC(Cc4cc(C(N)N)ccc4CO)=C3C2)c1)C(O)CC(O)CCC. The predicted molar refractivity (Wildman–Crippen MR) is 184 cm³/mol. The molecule has 0 saturated carbocycles. The van der Waals surface area contributed by atoms with Gasteiger partial charge in [0, 0.05) is 36.9 Å². The fourth-order valence-corrected chi connectivity index (χ4v) is 6.31. The Kier molecular flexibility index (Phi) is 13.6. The zero-order valence-corrected chi connectivity index (χ0v) is 27.8. The van der Waals surface area contributed by atoms with Crippen LogP contribution >= 0.6 is 0 Å². The van der Waals surface area contributed by atoms with Gasteiger partial charge in [-0.15, -0.1) is 0 Å². The molecular weight excluding hydrogens is 596 g/mol. The Morgan fingerprint density at radius 1 is 1.04 bits per heavy atom. The van der Waals surface area contributed by atoms with Crippen LogP contribution in [0.1, 0.15) is 93.6 Å². The molecule has 0 radical (unpaired) electrons. The van der Waals surface area contributed by atoms with Crippen molar-refractivity contribution in [3.05, 3.63) is 81.7 Å². The molecule has 3 atom stereocenters. The van der Waals surface area contributed by atoms with Crippen LogP contribution in [-0.2, 0) is 24.2 Å². The number of aliphatic imine (C=N–C) groups is 1. The molecule has 0 spiro atoms. The van der Waals surface area contributed by atoms with Gasteiger partial charge in [-0.1, -0.05) is 63.8 Å². The summed E-state index contributed by atoms with van der Waals surface area (Å²) in [5, 5.41) is 41.5. The van der Waals surface area contributed by atoms with Crippen molar-refractivity contribution in [2.75, 3.05) is 13.3 Å². The lowest BCUT2D eigenvalue weighted by Gasteiger charge is -2.24. The molecule has 3 unspecified atom stereocenters. The molecule has 2 aromatic rings. The Hall–Kier alpha value is -3.54. The number of aliphatic hydroxyl groups excluding tert-OH is 3. The van der Waals surface area contributed by atoms with Crippen LogP contribution in [0.3, 0.4) is 0 Å². The largest absolute Gasteiger partial charge is 0.504 e. The monoisotopic (exact) mass is 648 g/mol. The molecule has 10 heteroatoms. The maximum absolute atomic E-state index is 13.3. The lowest BCUT2D eigenvalue weighted by atomic mass is 9.85. The van der Waals surface area contributed by atoms with Gasteiger partial charge in [-0.25, -0.2) is 0 Å². The first-order valence-electron chi connectivity index (χ1n) is 16.9. The van der Waals surface area contributed by atoms with E-state index in [4.69, 9.17) is 16.2 Å². The minimum Gasteiger partial charge on any atom is -0.504 e. The van der Waals surface area contributed by atoms with E-state index in [2.05, 4.69) is 11.9 Å². The van der Waals surface area contributed by atoms with Gasteiger partial charge in [-0.3, -0.25) is 9.79 Å². The van der Waals surface area contributed by atoms with Crippen LogP contribution in [0, 0.1) is 5.92 Å². The highest BCUT2D eigenvalue weighted by Crippen LogP contribution is 2.33. The lowest BCUT2D eigenvalue weighted by Crippen LogP contribution is -2.32. The molecule has 10 nitrogen and oxygen atoms in total. The van der Waals surface area contributed by atoms with Crippen molar-refractivity contribution in [3.8, 4) is 11.5 Å². The number of rotatable bonds is 20. The second-order valence-electron chi connectivity index (χ2n) is 12.8. The average molecular weight is 649 g/mol. The third kappa shape index (κ3) is 9.98. The summed E-state index contributed by atoms with van der Waals surface area (Å²) in [6.07, 6.45) is 8.14. The van der Waals surface area contributed by atoms with Crippen molar-refractivity contribution in [1.29, 1.82) is 0 Å². The van der Waals surface area contributed by atoms with Crippen molar-refractivity contribution in [2.24, 2.45) is 22.4 Å². The highest BCUT2D eigenvalue weighted by molar-refractivity contribution is 5.87. The second-order valence-corrected chi connectivity index (χ2v) is 12.8. The minimum absolute atomic E-state index is 0.00332. The van der Waals surface area contributed by atoms with Crippen molar-refractivity contribution in [3.63, 3.8) is 0 Å². The summed E-state index contributed by atoms with van der Waals surface area (Å²) in [6, 6.07) is 10.7. The number of aromatic hydroxyl groups is 1. The number of phenols is 1. The number of hydrogen-bond donors (Lipinski definition) is 6. The van der Waals surface area contributed by atoms with Gasteiger partial charge in [0.2, 0.25) is 0 Å². The molecule has 256 valence electrons. The summed E-state index contributed by atoms with van der Waals surface area (Å²) >= 11 is 0. The lowest BCUT2D eigenvalue weighted by molar-refractivity contribution is -0.127. The van der Waals surface area contributed by atoms with Crippen molar-refractivity contribution in [1.82, 2.24) is 4.90 Å². The molecule has 0 saturated heterocycles. The van der Waals surface area contributed by atoms with E-state index in [1.807, 2.05) is 42.4 Å². The van der Waals surface area contributed by atoms with Crippen molar-refractivity contribution >= 4 is 12.0 Å². The number of phenolic OH excluding ortho intramolecular Hbond substituents is 1. The highest BCUT2D eigenvalue weighted by Gasteiger charge is 2.28. The molecule has 2 aliphatic rings. The zero-order chi connectivity index (χ0) is 33.9. The van der Waals surface area contributed by atoms with Gasteiger partial charge in [0.25, 0.3) is 0 Å². The van der Waals surface area contributed by atoms with Gasteiger partial charge in [0.1, 0.15) is 5.78 Å². The van der Waals surface area contributed by atoms with E-state index in [1.165, 1.54) is 0 Å².